The number of amides is 2. The third-order valence-corrected chi connectivity index (χ3v) is 6.70. The van der Waals surface area contributed by atoms with Gasteiger partial charge in [-0.05, 0) is 74.3 Å². The molecule has 1 aromatic heterocycles. The van der Waals surface area contributed by atoms with Crippen molar-refractivity contribution in [3.8, 4) is 0 Å². The van der Waals surface area contributed by atoms with Crippen molar-refractivity contribution in [2.24, 2.45) is 0 Å². The number of aromatic nitrogens is 1. The molecular weight excluding hydrogens is 498 g/mol. The Kier molecular flexibility index (Phi) is 7.13. The van der Waals surface area contributed by atoms with Gasteiger partial charge in [-0.3, -0.25) is 14.6 Å². The fourth-order valence-electron chi connectivity index (χ4n) is 4.54. The average molecular weight is 526 g/mol. The second-order valence-corrected chi connectivity index (χ2v) is 9.89. The number of hydrogen-bond donors (Lipinski definition) is 2. The molecule has 0 saturated carbocycles. The van der Waals surface area contributed by atoms with Crippen LogP contribution in [0, 0.1) is 0 Å². The zero-order chi connectivity index (χ0) is 26.8. The maximum atomic E-state index is 13.2. The lowest BCUT2D eigenvalue weighted by Crippen LogP contribution is -2.35. The van der Waals surface area contributed by atoms with E-state index in [1.54, 1.807) is 30.2 Å². The Balaban J connectivity index is 1.57. The number of nitrogens with zero attached hydrogens (tertiary/aromatic N) is 3. The summed E-state index contributed by atoms with van der Waals surface area (Å²) in [5, 5.41) is 7.94. The molecule has 3 aromatic carbocycles. The van der Waals surface area contributed by atoms with Crippen LogP contribution in [0.1, 0.15) is 18.1 Å². The van der Waals surface area contributed by atoms with Gasteiger partial charge in [0, 0.05) is 53.6 Å². The Labute approximate surface area is 226 Å². The van der Waals surface area contributed by atoms with Crippen LogP contribution in [0.5, 0.6) is 0 Å². The zero-order valence-corrected chi connectivity index (χ0v) is 22.2. The van der Waals surface area contributed by atoms with Crippen LogP contribution in [-0.4, -0.2) is 48.9 Å². The van der Waals surface area contributed by atoms with Crippen LogP contribution in [0.4, 0.5) is 17.1 Å². The summed E-state index contributed by atoms with van der Waals surface area (Å²) in [6.07, 6.45) is 1.76. The molecule has 4 aromatic rings. The molecule has 1 aliphatic rings. The number of halogens is 1. The SMILES string of the molecule is CC(=O)N(CCN(C)C)c1ccc(N/C(=C2\C(=O)Nc3cc(Cl)ccc32)c2ccc3ncccc3c2)cc1. The number of carbonyl (C=O) groups excluding carboxylic acids is 2. The summed E-state index contributed by atoms with van der Waals surface area (Å²) in [6, 6.07) is 22.9. The lowest BCUT2D eigenvalue weighted by Gasteiger charge is -2.23. The highest BCUT2D eigenvalue weighted by atomic mass is 35.5. The molecule has 0 aliphatic carbocycles. The highest BCUT2D eigenvalue weighted by Gasteiger charge is 2.29. The monoisotopic (exact) mass is 525 g/mol. The molecule has 0 spiro atoms. The van der Waals surface area contributed by atoms with Crippen molar-refractivity contribution in [3.05, 3.63) is 95.1 Å². The van der Waals surface area contributed by atoms with Gasteiger partial charge >= 0.3 is 0 Å². The van der Waals surface area contributed by atoms with Crippen LogP contribution in [0.25, 0.3) is 22.2 Å². The normalized spacial score (nSPS) is 13.9. The standard InChI is InChI=1S/C30H28ClN5O2/c1-19(37)36(16-15-35(2)3)24-10-8-23(9-11-24)33-29(21-6-13-26-20(17-21)5-4-14-32-26)28-25-12-7-22(31)18-27(25)34-30(28)38/h4-14,17-18,33H,15-16H2,1-3H3,(H,34,38)/b29-28-. The Bertz CT molecular complexity index is 1560. The van der Waals surface area contributed by atoms with E-state index in [1.165, 1.54) is 0 Å². The first kappa shape index (κ1) is 25.4. The largest absolute Gasteiger partial charge is 0.354 e. The summed E-state index contributed by atoms with van der Waals surface area (Å²) in [5.41, 5.74) is 5.96. The highest BCUT2D eigenvalue weighted by molar-refractivity contribution is 6.38. The van der Waals surface area contributed by atoms with Crippen molar-refractivity contribution >= 4 is 62.7 Å². The van der Waals surface area contributed by atoms with Gasteiger partial charge in [0.25, 0.3) is 5.91 Å². The van der Waals surface area contributed by atoms with Crippen LogP contribution >= 0.6 is 11.6 Å². The van der Waals surface area contributed by atoms with Gasteiger partial charge in [0.1, 0.15) is 0 Å². The minimum Gasteiger partial charge on any atom is -0.354 e. The first-order valence-electron chi connectivity index (χ1n) is 12.3. The van der Waals surface area contributed by atoms with Crippen LogP contribution < -0.4 is 15.5 Å². The van der Waals surface area contributed by atoms with Gasteiger partial charge in [0.05, 0.1) is 22.5 Å². The number of benzene rings is 3. The van der Waals surface area contributed by atoms with Crippen molar-refractivity contribution < 1.29 is 9.59 Å². The van der Waals surface area contributed by atoms with Crippen LogP contribution in [-0.2, 0) is 9.59 Å². The molecule has 38 heavy (non-hydrogen) atoms. The van der Waals surface area contributed by atoms with E-state index in [1.807, 2.05) is 79.7 Å². The maximum absolute atomic E-state index is 13.2. The lowest BCUT2D eigenvalue weighted by molar-refractivity contribution is -0.116. The predicted octanol–water partition coefficient (Wildman–Crippen LogP) is 5.74. The van der Waals surface area contributed by atoms with Crippen LogP contribution in [0.3, 0.4) is 0 Å². The Morgan fingerprint density at radius 1 is 1.00 bits per heavy atom. The number of carbonyl (C=O) groups is 2. The molecular formula is C30H28ClN5O2. The number of anilines is 3. The number of rotatable bonds is 7. The van der Waals surface area contributed by atoms with Crippen molar-refractivity contribution in [2.75, 3.05) is 42.7 Å². The van der Waals surface area contributed by atoms with E-state index in [0.29, 0.717) is 28.5 Å². The third kappa shape index (κ3) is 5.25. The van der Waals surface area contributed by atoms with E-state index in [9.17, 15) is 9.59 Å². The lowest BCUT2D eigenvalue weighted by atomic mass is 9.99. The van der Waals surface area contributed by atoms with Crippen molar-refractivity contribution in [1.29, 1.82) is 0 Å². The first-order valence-corrected chi connectivity index (χ1v) is 12.7. The number of likely N-dealkylation sites (N-methyl/N-ethyl adjacent to an activating group) is 1. The molecule has 0 radical (unpaired) electrons. The summed E-state index contributed by atoms with van der Waals surface area (Å²) < 4.78 is 0. The Morgan fingerprint density at radius 2 is 1.79 bits per heavy atom. The molecule has 1 aliphatic heterocycles. The van der Waals surface area contributed by atoms with Gasteiger partial charge in [-0.2, -0.15) is 0 Å². The van der Waals surface area contributed by atoms with E-state index in [0.717, 1.165) is 39.9 Å². The zero-order valence-electron chi connectivity index (χ0n) is 21.5. The third-order valence-electron chi connectivity index (χ3n) is 6.47. The predicted molar refractivity (Wildman–Crippen MR) is 155 cm³/mol. The summed E-state index contributed by atoms with van der Waals surface area (Å²) in [7, 11) is 3.96. The molecule has 8 heteroatoms. The number of fused-ring (bicyclic) bond motifs is 2. The molecule has 192 valence electrons. The molecule has 0 saturated heterocycles. The fourth-order valence-corrected chi connectivity index (χ4v) is 4.71. The summed E-state index contributed by atoms with van der Waals surface area (Å²) in [5.74, 6) is -0.225. The molecule has 5 rings (SSSR count). The fraction of sp³-hybridized carbons (Fsp3) is 0.167. The van der Waals surface area contributed by atoms with Crippen LogP contribution in [0.15, 0.2) is 79.0 Å². The Morgan fingerprint density at radius 3 is 2.53 bits per heavy atom. The first-order chi connectivity index (χ1) is 18.3. The van der Waals surface area contributed by atoms with Crippen LogP contribution in [0.2, 0.25) is 5.02 Å². The second-order valence-electron chi connectivity index (χ2n) is 9.45. The van der Waals surface area contributed by atoms with Gasteiger partial charge in [-0.15, -0.1) is 0 Å². The van der Waals surface area contributed by atoms with Gasteiger partial charge < -0.3 is 20.4 Å². The minimum absolute atomic E-state index is 0.0157. The second kappa shape index (κ2) is 10.7. The molecule has 2 amide bonds. The van der Waals surface area contributed by atoms with E-state index >= 15 is 0 Å². The molecule has 2 N–H and O–H groups in total. The van der Waals surface area contributed by atoms with Crippen molar-refractivity contribution in [2.45, 2.75) is 6.92 Å². The number of hydrogen-bond acceptors (Lipinski definition) is 5. The molecule has 2 heterocycles. The molecule has 0 bridgehead atoms. The topological polar surface area (TPSA) is 77.6 Å². The quantitative estimate of drug-likeness (QED) is 0.301. The van der Waals surface area contributed by atoms with Gasteiger partial charge in [0.15, 0.2) is 0 Å². The molecule has 7 nitrogen and oxygen atoms in total. The van der Waals surface area contributed by atoms with Gasteiger partial charge in [-0.25, -0.2) is 0 Å². The number of nitrogens with one attached hydrogen (secondary N) is 2. The van der Waals surface area contributed by atoms with Crippen molar-refractivity contribution in [1.82, 2.24) is 9.88 Å². The van der Waals surface area contributed by atoms with Crippen molar-refractivity contribution in [3.63, 3.8) is 0 Å². The molecule has 0 unspecified atom stereocenters. The average Bonchev–Trinajstić information content (AvgIpc) is 3.22. The van der Waals surface area contributed by atoms with Gasteiger partial charge in [0.2, 0.25) is 5.91 Å². The Hall–Kier alpha value is -4.20. The smallest absolute Gasteiger partial charge is 0.258 e. The van der Waals surface area contributed by atoms with Gasteiger partial charge in [-0.1, -0.05) is 29.8 Å². The van der Waals surface area contributed by atoms with E-state index in [2.05, 4.69) is 15.6 Å². The minimum atomic E-state index is -0.209. The summed E-state index contributed by atoms with van der Waals surface area (Å²) in [6.45, 7) is 2.92. The molecule has 0 atom stereocenters. The maximum Gasteiger partial charge on any atom is 0.258 e. The van der Waals surface area contributed by atoms with E-state index in [4.69, 9.17) is 11.6 Å². The summed E-state index contributed by atoms with van der Waals surface area (Å²) >= 11 is 6.19. The molecule has 0 fully saturated rings. The van der Waals surface area contributed by atoms with E-state index in [-0.39, 0.29) is 11.8 Å². The summed E-state index contributed by atoms with van der Waals surface area (Å²) in [4.78, 5) is 33.8. The number of pyridine rings is 1. The van der Waals surface area contributed by atoms with E-state index < -0.39 is 0 Å². The highest BCUT2D eigenvalue weighted by Crippen LogP contribution is 2.39.